The Bertz CT molecular complexity index is 658. The Labute approximate surface area is 126 Å². The number of rotatable bonds is 4. The van der Waals surface area contributed by atoms with Crippen LogP contribution in [-0.2, 0) is 0 Å². The zero-order valence-electron chi connectivity index (χ0n) is 11.7. The van der Waals surface area contributed by atoms with Crippen molar-refractivity contribution in [1.29, 1.82) is 0 Å². The van der Waals surface area contributed by atoms with Crippen LogP contribution in [0, 0.1) is 24.4 Å². The van der Waals surface area contributed by atoms with Crippen LogP contribution in [0.25, 0.3) is 0 Å². The van der Waals surface area contributed by atoms with E-state index >= 15 is 0 Å². The normalized spacial score (nSPS) is 12.5. The van der Waals surface area contributed by atoms with Crippen LogP contribution in [0.4, 0.5) is 13.2 Å². The van der Waals surface area contributed by atoms with Gasteiger partial charge in [0, 0.05) is 11.1 Å². The standard InChI is InChI=1S/C16H15ClF3N/c1-3-21-16(10-6-9(2)4-5-13(10)18)11-7-15(20)12(17)8-14(11)19/h4-8,16,21H,3H2,1-2H3. The Morgan fingerprint density at radius 1 is 1.00 bits per heavy atom. The fourth-order valence-electron chi connectivity index (χ4n) is 2.24. The summed E-state index contributed by atoms with van der Waals surface area (Å²) in [5, 5.41) is 2.69. The summed E-state index contributed by atoms with van der Waals surface area (Å²) in [4.78, 5) is 0. The molecule has 0 radical (unpaired) electrons. The van der Waals surface area contributed by atoms with Gasteiger partial charge in [0.15, 0.2) is 0 Å². The minimum atomic E-state index is -0.776. The lowest BCUT2D eigenvalue weighted by Gasteiger charge is -2.21. The number of nitrogens with one attached hydrogen (secondary N) is 1. The van der Waals surface area contributed by atoms with E-state index in [0.29, 0.717) is 6.54 Å². The quantitative estimate of drug-likeness (QED) is 0.802. The predicted octanol–water partition coefficient (Wildman–Crippen LogP) is 4.76. The summed E-state index contributed by atoms with van der Waals surface area (Å²) in [7, 11) is 0. The van der Waals surface area contributed by atoms with Crippen LogP contribution in [0.3, 0.4) is 0 Å². The molecular formula is C16H15ClF3N. The number of aryl methyl sites for hydroxylation is 1. The van der Waals surface area contributed by atoms with Gasteiger partial charge in [-0.15, -0.1) is 0 Å². The van der Waals surface area contributed by atoms with Crippen molar-refractivity contribution >= 4 is 11.6 Å². The molecule has 21 heavy (non-hydrogen) atoms. The van der Waals surface area contributed by atoms with Crippen LogP contribution >= 0.6 is 11.6 Å². The van der Waals surface area contributed by atoms with E-state index in [1.54, 1.807) is 12.1 Å². The third-order valence-corrected chi connectivity index (χ3v) is 3.51. The van der Waals surface area contributed by atoms with Gasteiger partial charge in [0.1, 0.15) is 17.5 Å². The lowest BCUT2D eigenvalue weighted by atomic mass is 9.96. The summed E-state index contributed by atoms with van der Waals surface area (Å²) < 4.78 is 41.8. The maximum Gasteiger partial charge on any atom is 0.142 e. The number of hydrogen-bond donors (Lipinski definition) is 1. The highest BCUT2D eigenvalue weighted by Gasteiger charge is 2.22. The summed E-state index contributed by atoms with van der Waals surface area (Å²) in [6.45, 7) is 4.09. The van der Waals surface area contributed by atoms with Gasteiger partial charge in [0.25, 0.3) is 0 Å². The van der Waals surface area contributed by atoms with E-state index in [1.165, 1.54) is 6.07 Å². The fraction of sp³-hybridized carbons (Fsp3) is 0.250. The molecule has 0 aliphatic carbocycles. The molecular weight excluding hydrogens is 299 g/mol. The predicted molar refractivity (Wildman–Crippen MR) is 78.0 cm³/mol. The van der Waals surface area contributed by atoms with Crippen LogP contribution < -0.4 is 5.32 Å². The molecule has 0 saturated carbocycles. The first-order valence-corrected chi connectivity index (χ1v) is 6.95. The van der Waals surface area contributed by atoms with Gasteiger partial charge in [-0.1, -0.05) is 36.2 Å². The van der Waals surface area contributed by atoms with Crippen molar-refractivity contribution in [3.05, 3.63) is 69.5 Å². The average Bonchev–Trinajstić information content (AvgIpc) is 2.43. The van der Waals surface area contributed by atoms with E-state index in [9.17, 15) is 13.2 Å². The van der Waals surface area contributed by atoms with Crippen LogP contribution in [0.5, 0.6) is 0 Å². The van der Waals surface area contributed by atoms with Crippen molar-refractivity contribution in [2.24, 2.45) is 0 Å². The maximum atomic E-state index is 14.1. The second kappa shape index (κ2) is 6.50. The number of hydrogen-bond acceptors (Lipinski definition) is 1. The molecule has 2 aromatic carbocycles. The van der Waals surface area contributed by atoms with Crippen molar-refractivity contribution in [2.75, 3.05) is 6.54 Å². The first-order chi connectivity index (χ1) is 9.93. The molecule has 0 aliphatic heterocycles. The van der Waals surface area contributed by atoms with E-state index in [0.717, 1.165) is 17.7 Å². The molecule has 0 fully saturated rings. The zero-order valence-corrected chi connectivity index (χ0v) is 12.4. The summed E-state index contributed by atoms with van der Waals surface area (Å²) in [6.07, 6.45) is 0. The minimum Gasteiger partial charge on any atom is -0.306 e. The summed E-state index contributed by atoms with van der Waals surface area (Å²) in [6, 6.07) is 5.70. The molecule has 0 heterocycles. The van der Waals surface area contributed by atoms with Crippen LogP contribution in [0.2, 0.25) is 5.02 Å². The Kier molecular flexibility index (Phi) is 4.91. The minimum absolute atomic E-state index is 0.0308. The van der Waals surface area contributed by atoms with Crippen LogP contribution in [0.1, 0.15) is 29.7 Å². The Morgan fingerprint density at radius 2 is 1.67 bits per heavy atom. The highest BCUT2D eigenvalue weighted by atomic mass is 35.5. The van der Waals surface area contributed by atoms with Gasteiger partial charge >= 0.3 is 0 Å². The lowest BCUT2D eigenvalue weighted by molar-refractivity contribution is 0.522. The van der Waals surface area contributed by atoms with Crippen LogP contribution in [-0.4, -0.2) is 6.54 Å². The molecule has 1 atom stereocenters. The van der Waals surface area contributed by atoms with Gasteiger partial charge in [-0.2, -0.15) is 0 Å². The zero-order chi connectivity index (χ0) is 15.6. The maximum absolute atomic E-state index is 14.1. The van der Waals surface area contributed by atoms with E-state index in [1.807, 2.05) is 13.8 Å². The molecule has 2 rings (SSSR count). The fourth-order valence-corrected chi connectivity index (χ4v) is 2.39. The van der Waals surface area contributed by atoms with E-state index in [2.05, 4.69) is 5.32 Å². The second-order valence-electron chi connectivity index (χ2n) is 4.80. The molecule has 0 aromatic heterocycles. The van der Waals surface area contributed by atoms with Gasteiger partial charge in [-0.3, -0.25) is 0 Å². The summed E-state index contributed by atoms with van der Waals surface area (Å²) in [5.41, 5.74) is 1.14. The van der Waals surface area contributed by atoms with Crippen LogP contribution in [0.15, 0.2) is 30.3 Å². The third-order valence-electron chi connectivity index (χ3n) is 3.22. The molecule has 0 aliphatic rings. The Hall–Kier alpha value is -1.52. The molecule has 5 heteroatoms. The Balaban J connectivity index is 2.58. The van der Waals surface area contributed by atoms with E-state index < -0.39 is 23.5 Å². The van der Waals surface area contributed by atoms with Crippen molar-refractivity contribution in [3.8, 4) is 0 Å². The molecule has 0 saturated heterocycles. The third kappa shape index (κ3) is 3.39. The highest BCUT2D eigenvalue weighted by Crippen LogP contribution is 2.30. The van der Waals surface area contributed by atoms with E-state index in [-0.39, 0.29) is 16.1 Å². The molecule has 1 N–H and O–H groups in total. The largest absolute Gasteiger partial charge is 0.306 e. The number of benzene rings is 2. The molecule has 2 aromatic rings. The van der Waals surface area contributed by atoms with Crippen molar-refractivity contribution in [3.63, 3.8) is 0 Å². The first-order valence-electron chi connectivity index (χ1n) is 6.58. The molecule has 1 unspecified atom stereocenters. The average molecular weight is 314 g/mol. The van der Waals surface area contributed by atoms with E-state index in [4.69, 9.17) is 11.6 Å². The van der Waals surface area contributed by atoms with Gasteiger partial charge in [-0.25, -0.2) is 13.2 Å². The van der Waals surface area contributed by atoms with Gasteiger partial charge in [-0.05, 0) is 31.7 Å². The summed E-state index contributed by atoms with van der Waals surface area (Å²) >= 11 is 5.56. The van der Waals surface area contributed by atoms with Gasteiger partial charge in [0.05, 0.1) is 11.1 Å². The highest BCUT2D eigenvalue weighted by molar-refractivity contribution is 6.30. The monoisotopic (exact) mass is 313 g/mol. The smallest absolute Gasteiger partial charge is 0.142 e. The second-order valence-corrected chi connectivity index (χ2v) is 5.21. The molecule has 0 amide bonds. The topological polar surface area (TPSA) is 12.0 Å². The Morgan fingerprint density at radius 3 is 2.33 bits per heavy atom. The lowest BCUT2D eigenvalue weighted by Crippen LogP contribution is -2.24. The van der Waals surface area contributed by atoms with Crippen molar-refractivity contribution in [1.82, 2.24) is 5.32 Å². The molecule has 0 bridgehead atoms. The van der Waals surface area contributed by atoms with Crippen molar-refractivity contribution in [2.45, 2.75) is 19.9 Å². The molecule has 112 valence electrons. The van der Waals surface area contributed by atoms with Gasteiger partial charge < -0.3 is 5.32 Å². The first kappa shape index (κ1) is 15.9. The van der Waals surface area contributed by atoms with Crippen molar-refractivity contribution < 1.29 is 13.2 Å². The molecule has 1 nitrogen and oxygen atoms in total. The van der Waals surface area contributed by atoms with Gasteiger partial charge in [0.2, 0.25) is 0 Å². The summed E-state index contributed by atoms with van der Waals surface area (Å²) in [5.74, 6) is -1.88. The number of halogens is 4. The SMILES string of the molecule is CCNC(c1cc(C)ccc1F)c1cc(F)c(Cl)cc1F. The molecule has 0 spiro atoms.